The van der Waals surface area contributed by atoms with Gasteiger partial charge >= 0.3 is 0 Å². The van der Waals surface area contributed by atoms with Gasteiger partial charge in [-0.1, -0.05) is 30.3 Å². The van der Waals surface area contributed by atoms with Gasteiger partial charge < -0.3 is 15.4 Å². The molecule has 2 atom stereocenters. The van der Waals surface area contributed by atoms with Crippen LogP contribution in [0.25, 0.3) is 0 Å². The molecule has 0 bridgehead atoms. The van der Waals surface area contributed by atoms with Crippen LogP contribution in [0.1, 0.15) is 37.9 Å². The standard InChI is InChI=1S/C17H26N2O2.ClH/c1-2-21-16(15-8-4-3-5-9-15)17(20)19-12-10-14-7-6-11-18-13-14;/h3-5,8-9,14,16,18H,2,6-7,10-13H2,1H3,(H,19,20);1H. The Labute approximate surface area is 139 Å². The van der Waals surface area contributed by atoms with Crippen molar-refractivity contribution in [1.82, 2.24) is 10.6 Å². The van der Waals surface area contributed by atoms with E-state index in [9.17, 15) is 4.79 Å². The molecule has 22 heavy (non-hydrogen) atoms. The molecular weight excluding hydrogens is 300 g/mol. The molecule has 0 spiro atoms. The molecule has 1 aromatic carbocycles. The fourth-order valence-corrected chi connectivity index (χ4v) is 2.78. The largest absolute Gasteiger partial charge is 0.364 e. The van der Waals surface area contributed by atoms with Crippen LogP contribution in [0, 0.1) is 5.92 Å². The molecule has 4 nitrogen and oxygen atoms in total. The fraction of sp³-hybridized carbons (Fsp3) is 0.588. The predicted molar refractivity (Wildman–Crippen MR) is 91.3 cm³/mol. The van der Waals surface area contributed by atoms with E-state index in [1.165, 1.54) is 12.8 Å². The Morgan fingerprint density at radius 3 is 2.82 bits per heavy atom. The second-order valence-electron chi connectivity index (χ2n) is 5.54. The van der Waals surface area contributed by atoms with E-state index in [-0.39, 0.29) is 18.3 Å². The highest BCUT2D eigenvalue weighted by molar-refractivity contribution is 5.85. The summed E-state index contributed by atoms with van der Waals surface area (Å²) in [4.78, 5) is 12.3. The normalized spacial score (nSPS) is 19.0. The molecule has 2 N–H and O–H groups in total. The number of amides is 1. The molecule has 1 heterocycles. The fourth-order valence-electron chi connectivity index (χ4n) is 2.78. The number of hydrogen-bond acceptors (Lipinski definition) is 3. The van der Waals surface area contributed by atoms with Crippen LogP contribution in [0.4, 0.5) is 0 Å². The Balaban J connectivity index is 0.00000242. The van der Waals surface area contributed by atoms with Crippen LogP contribution in [0.3, 0.4) is 0 Å². The molecule has 5 heteroatoms. The average molecular weight is 327 g/mol. The third-order valence-corrected chi connectivity index (χ3v) is 3.92. The van der Waals surface area contributed by atoms with Gasteiger partial charge in [0.15, 0.2) is 6.10 Å². The smallest absolute Gasteiger partial charge is 0.253 e. The SMILES string of the molecule is CCOC(C(=O)NCCC1CCCNC1)c1ccccc1.Cl. The summed E-state index contributed by atoms with van der Waals surface area (Å²) in [7, 11) is 0. The van der Waals surface area contributed by atoms with Gasteiger partial charge in [-0.05, 0) is 50.8 Å². The Bertz CT molecular complexity index is 422. The van der Waals surface area contributed by atoms with Gasteiger partial charge in [-0.25, -0.2) is 0 Å². The second kappa shape index (κ2) is 10.6. The Morgan fingerprint density at radius 1 is 1.41 bits per heavy atom. The van der Waals surface area contributed by atoms with Crippen LogP contribution in [0.2, 0.25) is 0 Å². The first-order valence-electron chi connectivity index (χ1n) is 7.96. The molecule has 1 aliphatic heterocycles. The summed E-state index contributed by atoms with van der Waals surface area (Å²) in [5.41, 5.74) is 0.913. The van der Waals surface area contributed by atoms with E-state index in [4.69, 9.17) is 4.74 Å². The van der Waals surface area contributed by atoms with Crippen molar-refractivity contribution in [2.45, 2.75) is 32.3 Å². The highest BCUT2D eigenvalue weighted by Crippen LogP contribution is 2.18. The summed E-state index contributed by atoms with van der Waals surface area (Å²) < 4.78 is 5.61. The molecule has 1 fully saturated rings. The van der Waals surface area contributed by atoms with E-state index in [2.05, 4.69) is 10.6 Å². The number of ether oxygens (including phenoxy) is 1. The first-order chi connectivity index (χ1) is 10.3. The van der Waals surface area contributed by atoms with Gasteiger partial charge in [-0.3, -0.25) is 4.79 Å². The predicted octanol–water partition coefficient (Wildman–Crippen LogP) is 2.69. The maximum Gasteiger partial charge on any atom is 0.253 e. The van der Waals surface area contributed by atoms with E-state index in [1.807, 2.05) is 37.3 Å². The van der Waals surface area contributed by atoms with Crippen LogP contribution >= 0.6 is 12.4 Å². The quantitative estimate of drug-likeness (QED) is 0.810. The maximum absolute atomic E-state index is 12.3. The summed E-state index contributed by atoms with van der Waals surface area (Å²) >= 11 is 0. The molecule has 0 aliphatic carbocycles. The van der Waals surface area contributed by atoms with E-state index in [0.29, 0.717) is 12.5 Å². The molecule has 124 valence electrons. The Hall–Kier alpha value is -1.10. The van der Waals surface area contributed by atoms with E-state index < -0.39 is 6.10 Å². The summed E-state index contributed by atoms with van der Waals surface area (Å²) in [6.45, 7) is 5.37. The van der Waals surface area contributed by atoms with Crippen molar-refractivity contribution in [3.05, 3.63) is 35.9 Å². The number of benzene rings is 1. The minimum absolute atomic E-state index is 0. The first kappa shape index (κ1) is 18.9. The number of piperidine rings is 1. The lowest BCUT2D eigenvalue weighted by Gasteiger charge is -2.23. The van der Waals surface area contributed by atoms with Gasteiger partial charge in [-0.2, -0.15) is 0 Å². The lowest BCUT2D eigenvalue weighted by Crippen LogP contribution is -2.35. The lowest BCUT2D eigenvalue weighted by atomic mass is 9.96. The number of carbonyl (C=O) groups is 1. The zero-order chi connectivity index (χ0) is 14.9. The minimum Gasteiger partial charge on any atom is -0.364 e. The molecule has 1 saturated heterocycles. The van der Waals surface area contributed by atoms with Crippen molar-refractivity contribution in [3.8, 4) is 0 Å². The summed E-state index contributed by atoms with van der Waals surface area (Å²) in [5, 5.41) is 6.43. The molecule has 1 aliphatic rings. The van der Waals surface area contributed by atoms with Gasteiger partial charge in [-0.15, -0.1) is 12.4 Å². The highest BCUT2D eigenvalue weighted by atomic mass is 35.5. The average Bonchev–Trinajstić information content (AvgIpc) is 2.54. The third kappa shape index (κ3) is 5.95. The van der Waals surface area contributed by atoms with E-state index >= 15 is 0 Å². The van der Waals surface area contributed by atoms with Crippen molar-refractivity contribution in [2.75, 3.05) is 26.2 Å². The zero-order valence-electron chi connectivity index (χ0n) is 13.2. The van der Waals surface area contributed by atoms with Crippen LogP contribution in [0.15, 0.2) is 30.3 Å². The summed E-state index contributed by atoms with van der Waals surface area (Å²) in [5.74, 6) is 0.646. The summed E-state index contributed by atoms with van der Waals surface area (Å²) in [6, 6.07) is 9.68. The van der Waals surface area contributed by atoms with Crippen LogP contribution in [-0.2, 0) is 9.53 Å². The molecular formula is C17H27ClN2O2. The molecule has 1 aromatic rings. The minimum atomic E-state index is -0.499. The van der Waals surface area contributed by atoms with Gasteiger partial charge in [0.25, 0.3) is 5.91 Å². The highest BCUT2D eigenvalue weighted by Gasteiger charge is 2.21. The molecule has 0 aromatic heterocycles. The molecule has 0 radical (unpaired) electrons. The van der Waals surface area contributed by atoms with E-state index in [1.54, 1.807) is 0 Å². The monoisotopic (exact) mass is 326 g/mol. The van der Waals surface area contributed by atoms with Gasteiger partial charge in [0.2, 0.25) is 0 Å². The summed E-state index contributed by atoms with van der Waals surface area (Å²) in [6.07, 6.45) is 3.04. The van der Waals surface area contributed by atoms with Crippen molar-refractivity contribution >= 4 is 18.3 Å². The van der Waals surface area contributed by atoms with Crippen LogP contribution in [-0.4, -0.2) is 32.1 Å². The van der Waals surface area contributed by atoms with Crippen molar-refractivity contribution in [3.63, 3.8) is 0 Å². The number of nitrogens with one attached hydrogen (secondary N) is 2. The van der Waals surface area contributed by atoms with Crippen LogP contribution < -0.4 is 10.6 Å². The number of hydrogen-bond donors (Lipinski definition) is 2. The van der Waals surface area contributed by atoms with Crippen molar-refractivity contribution in [1.29, 1.82) is 0 Å². The molecule has 2 rings (SSSR count). The third-order valence-electron chi connectivity index (χ3n) is 3.92. The van der Waals surface area contributed by atoms with Crippen LogP contribution in [0.5, 0.6) is 0 Å². The van der Waals surface area contributed by atoms with Crippen molar-refractivity contribution < 1.29 is 9.53 Å². The Morgan fingerprint density at radius 2 is 2.18 bits per heavy atom. The van der Waals surface area contributed by atoms with Crippen molar-refractivity contribution in [2.24, 2.45) is 5.92 Å². The Kier molecular flexibility index (Phi) is 9.13. The first-order valence-corrected chi connectivity index (χ1v) is 7.96. The second-order valence-corrected chi connectivity index (χ2v) is 5.54. The number of halogens is 1. The zero-order valence-corrected chi connectivity index (χ0v) is 14.0. The maximum atomic E-state index is 12.3. The number of carbonyl (C=O) groups excluding carboxylic acids is 1. The van der Waals surface area contributed by atoms with Gasteiger partial charge in [0.1, 0.15) is 0 Å². The molecule has 2 unspecified atom stereocenters. The number of rotatable bonds is 7. The van der Waals surface area contributed by atoms with E-state index in [0.717, 1.165) is 31.6 Å². The molecule has 0 saturated carbocycles. The lowest BCUT2D eigenvalue weighted by molar-refractivity contribution is -0.133. The molecule has 1 amide bonds. The van der Waals surface area contributed by atoms with Gasteiger partial charge in [0, 0.05) is 13.2 Å². The topological polar surface area (TPSA) is 50.4 Å². The van der Waals surface area contributed by atoms with Gasteiger partial charge in [0.05, 0.1) is 0 Å².